The van der Waals surface area contributed by atoms with E-state index in [1.807, 2.05) is 48.2 Å². The summed E-state index contributed by atoms with van der Waals surface area (Å²) in [6.45, 7) is 1.84. The first-order valence-corrected chi connectivity index (χ1v) is 11.3. The van der Waals surface area contributed by atoms with E-state index >= 15 is 0 Å². The third-order valence-corrected chi connectivity index (χ3v) is 6.05. The first-order valence-electron chi connectivity index (χ1n) is 10.9. The minimum atomic E-state index is -0.677. The number of hydrogen-bond acceptors (Lipinski definition) is 5. The molecule has 8 heteroatoms. The maximum Gasteiger partial charge on any atom is 0.338 e. The molecule has 1 heterocycles. The Bertz CT molecular complexity index is 1310. The maximum atomic E-state index is 13.8. The number of benzene rings is 3. The summed E-state index contributed by atoms with van der Waals surface area (Å²) in [7, 11) is 2.89. The summed E-state index contributed by atoms with van der Waals surface area (Å²) in [4.78, 5) is 28.1. The molecule has 0 bridgehead atoms. The summed E-state index contributed by atoms with van der Waals surface area (Å²) in [6.07, 6.45) is 0. The number of carbonyl (C=O) groups is 2. The molecule has 0 fully saturated rings. The zero-order chi connectivity index (χ0) is 24.9. The monoisotopic (exact) mass is 487 g/mol. The minimum Gasteiger partial charge on any atom is -0.497 e. The lowest BCUT2D eigenvalue weighted by Crippen LogP contribution is -2.48. The smallest absolute Gasteiger partial charge is 0.338 e. The number of amides is 1. The number of para-hydroxylation sites is 1. The molecule has 0 aromatic heterocycles. The summed E-state index contributed by atoms with van der Waals surface area (Å²) >= 11 is 5.72. The van der Waals surface area contributed by atoms with E-state index in [-0.39, 0.29) is 5.91 Å². The van der Waals surface area contributed by atoms with Gasteiger partial charge in [0, 0.05) is 23.1 Å². The number of nitrogens with one attached hydrogen (secondary N) is 2. The Labute approximate surface area is 209 Å². The molecule has 3 aromatic carbocycles. The van der Waals surface area contributed by atoms with Crippen LogP contribution in [-0.2, 0) is 9.53 Å². The molecule has 1 amide bonds. The second-order valence-corrected chi connectivity index (χ2v) is 8.20. The van der Waals surface area contributed by atoms with Crippen molar-refractivity contribution in [3.8, 4) is 5.75 Å². The van der Waals surface area contributed by atoms with Gasteiger partial charge in [-0.3, -0.25) is 9.69 Å². The van der Waals surface area contributed by atoms with E-state index in [4.69, 9.17) is 21.7 Å². The molecule has 0 saturated heterocycles. The fraction of sp³-hybridized carbons (Fsp3) is 0.148. The van der Waals surface area contributed by atoms with Crippen molar-refractivity contribution in [1.29, 1.82) is 0 Å². The van der Waals surface area contributed by atoms with Gasteiger partial charge in [-0.1, -0.05) is 42.5 Å². The number of carbonyl (C=O) groups excluding carboxylic acids is 2. The van der Waals surface area contributed by atoms with Crippen LogP contribution in [0.25, 0.3) is 0 Å². The Morgan fingerprint density at radius 1 is 0.971 bits per heavy atom. The number of methoxy groups -OCH3 is 2. The van der Waals surface area contributed by atoms with Crippen molar-refractivity contribution in [3.63, 3.8) is 0 Å². The summed E-state index contributed by atoms with van der Waals surface area (Å²) in [5, 5.41) is 6.65. The van der Waals surface area contributed by atoms with Gasteiger partial charge in [0.1, 0.15) is 5.75 Å². The first kappa shape index (κ1) is 24.0. The third kappa shape index (κ3) is 4.88. The van der Waals surface area contributed by atoms with E-state index in [0.717, 1.165) is 5.69 Å². The van der Waals surface area contributed by atoms with Crippen LogP contribution >= 0.6 is 12.2 Å². The number of allylic oxidation sites excluding steroid dienone is 1. The van der Waals surface area contributed by atoms with Gasteiger partial charge in [0.15, 0.2) is 5.11 Å². The van der Waals surface area contributed by atoms with Gasteiger partial charge in [-0.05, 0) is 55.0 Å². The second-order valence-electron chi connectivity index (χ2n) is 7.82. The highest BCUT2D eigenvalue weighted by Gasteiger charge is 2.36. The van der Waals surface area contributed by atoms with Gasteiger partial charge >= 0.3 is 5.97 Å². The Balaban J connectivity index is 1.85. The molecule has 1 atom stereocenters. The molecule has 178 valence electrons. The predicted molar refractivity (Wildman–Crippen MR) is 140 cm³/mol. The van der Waals surface area contributed by atoms with Crippen LogP contribution in [0.1, 0.15) is 28.9 Å². The Morgan fingerprint density at radius 3 is 2.40 bits per heavy atom. The third-order valence-electron chi connectivity index (χ3n) is 5.75. The Kier molecular flexibility index (Phi) is 7.12. The van der Waals surface area contributed by atoms with Gasteiger partial charge in [-0.2, -0.15) is 0 Å². The van der Waals surface area contributed by atoms with Crippen molar-refractivity contribution in [2.45, 2.75) is 13.0 Å². The zero-order valence-corrected chi connectivity index (χ0v) is 20.4. The van der Waals surface area contributed by atoms with Crippen molar-refractivity contribution in [2.24, 2.45) is 0 Å². The molecule has 0 aliphatic carbocycles. The average Bonchev–Trinajstić information content (AvgIpc) is 2.88. The van der Waals surface area contributed by atoms with Gasteiger partial charge in [-0.25, -0.2) is 4.79 Å². The van der Waals surface area contributed by atoms with Crippen LogP contribution in [0.3, 0.4) is 0 Å². The molecule has 1 aliphatic heterocycles. The van der Waals surface area contributed by atoms with Crippen LogP contribution in [-0.4, -0.2) is 31.2 Å². The quantitative estimate of drug-likeness (QED) is 0.381. The number of rotatable bonds is 6. The van der Waals surface area contributed by atoms with Crippen LogP contribution in [0.15, 0.2) is 90.1 Å². The molecule has 0 radical (unpaired) electrons. The highest BCUT2D eigenvalue weighted by Crippen LogP contribution is 2.35. The van der Waals surface area contributed by atoms with Crippen molar-refractivity contribution < 1.29 is 19.1 Å². The molecule has 0 saturated carbocycles. The molecule has 1 aliphatic rings. The minimum absolute atomic E-state index is 0.337. The number of nitrogens with zero attached hydrogens (tertiary/aromatic N) is 1. The highest BCUT2D eigenvalue weighted by atomic mass is 32.1. The molecular formula is C27H25N3O4S. The Hall–Kier alpha value is -4.17. The van der Waals surface area contributed by atoms with Crippen LogP contribution in [0.2, 0.25) is 0 Å². The van der Waals surface area contributed by atoms with E-state index < -0.39 is 12.0 Å². The van der Waals surface area contributed by atoms with Crippen LogP contribution in [0.4, 0.5) is 11.4 Å². The molecule has 3 aromatic rings. The predicted octanol–water partition coefficient (Wildman–Crippen LogP) is 4.83. The topological polar surface area (TPSA) is 79.9 Å². The van der Waals surface area contributed by atoms with Crippen LogP contribution in [0, 0.1) is 0 Å². The average molecular weight is 488 g/mol. The van der Waals surface area contributed by atoms with Gasteiger partial charge in [0.2, 0.25) is 0 Å². The molecule has 7 nitrogen and oxygen atoms in total. The van der Waals surface area contributed by atoms with E-state index in [1.165, 1.54) is 7.11 Å². The number of hydrogen-bond donors (Lipinski definition) is 2. The van der Waals surface area contributed by atoms with Crippen LogP contribution in [0.5, 0.6) is 5.75 Å². The normalized spacial score (nSPS) is 15.3. The fourth-order valence-electron chi connectivity index (χ4n) is 4.10. The maximum absolute atomic E-state index is 13.8. The lowest BCUT2D eigenvalue weighted by atomic mass is 9.90. The van der Waals surface area contributed by atoms with Crippen molar-refractivity contribution >= 4 is 40.6 Å². The largest absolute Gasteiger partial charge is 0.497 e. The Morgan fingerprint density at radius 2 is 1.69 bits per heavy atom. The first-order chi connectivity index (χ1) is 16.9. The zero-order valence-electron chi connectivity index (χ0n) is 19.6. The van der Waals surface area contributed by atoms with Crippen molar-refractivity contribution in [2.75, 3.05) is 24.4 Å². The summed E-state index contributed by atoms with van der Waals surface area (Å²) in [5.41, 5.74) is 3.39. The van der Waals surface area contributed by atoms with Crippen LogP contribution < -0.4 is 20.3 Å². The molecule has 35 heavy (non-hydrogen) atoms. The SMILES string of the molecule is COC(=O)c1ccccc1C1NC(=S)N(c2ccccc2)C(C)=C1C(=O)Nc1cccc(OC)c1. The lowest BCUT2D eigenvalue weighted by molar-refractivity contribution is -0.113. The van der Waals surface area contributed by atoms with E-state index in [1.54, 1.807) is 49.6 Å². The lowest BCUT2D eigenvalue weighted by Gasteiger charge is -2.38. The van der Waals surface area contributed by atoms with Gasteiger partial charge < -0.3 is 20.1 Å². The summed E-state index contributed by atoms with van der Waals surface area (Å²) in [5.74, 6) is -0.213. The van der Waals surface area contributed by atoms with Gasteiger partial charge in [-0.15, -0.1) is 0 Å². The number of thiocarbonyl (C=S) groups is 1. The molecular weight excluding hydrogens is 462 g/mol. The number of anilines is 2. The van der Waals surface area contributed by atoms with Crippen molar-refractivity contribution in [3.05, 3.63) is 101 Å². The molecule has 0 spiro atoms. The summed E-state index contributed by atoms with van der Waals surface area (Å²) < 4.78 is 10.3. The van der Waals surface area contributed by atoms with Gasteiger partial charge in [0.25, 0.3) is 5.91 Å². The highest BCUT2D eigenvalue weighted by molar-refractivity contribution is 7.80. The standard InChI is InChI=1S/C27H25N3O4S/c1-17-23(25(31)28-18-10-9-13-20(16-18)33-2)24(21-14-7-8-15-22(21)26(32)34-3)29-27(35)30(17)19-11-5-4-6-12-19/h4-16,24H,1-3H3,(H,28,31)(H,29,35). The number of ether oxygens (including phenoxy) is 2. The number of esters is 1. The molecule has 2 N–H and O–H groups in total. The van der Waals surface area contributed by atoms with E-state index in [2.05, 4.69) is 10.6 Å². The second kappa shape index (κ2) is 10.4. The van der Waals surface area contributed by atoms with E-state index in [0.29, 0.717) is 38.9 Å². The molecule has 1 unspecified atom stereocenters. The summed E-state index contributed by atoms with van der Waals surface area (Å²) in [6, 6.07) is 23.0. The molecule has 4 rings (SSSR count). The van der Waals surface area contributed by atoms with E-state index in [9.17, 15) is 9.59 Å². The van der Waals surface area contributed by atoms with Gasteiger partial charge in [0.05, 0.1) is 31.4 Å². The fourth-order valence-corrected chi connectivity index (χ4v) is 4.46. The van der Waals surface area contributed by atoms with Crippen molar-refractivity contribution in [1.82, 2.24) is 5.32 Å².